The van der Waals surface area contributed by atoms with Crippen molar-refractivity contribution < 1.29 is 0 Å². The van der Waals surface area contributed by atoms with Gasteiger partial charge in [-0.25, -0.2) is 10.8 Å². The topological polar surface area (TPSA) is 105 Å². The van der Waals surface area contributed by atoms with E-state index in [9.17, 15) is 0 Å². The average molecular weight is 296 g/mol. The normalized spacial score (nSPS) is 10.7. The van der Waals surface area contributed by atoms with E-state index < -0.39 is 0 Å². The zero-order chi connectivity index (χ0) is 8.81. The van der Waals surface area contributed by atoms with Crippen LogP contribution in [-0.4, -0.2) is 22.5 Å². The van der Waals surface area contributed by atoms with E-state index in [-0.39, 0.29) is 29.9 Å². The molecule has 0 unspecified atom stereocenters. The third-order valence-electron chi connectivity index (χ3n) is 1.37. The number of imidazole rings is 1. The second kappa shape index (κ2) is 6.66. The van der Waals surface area contributed by atoms with Gasteiger partial charge in [-0.2, -0.15) is 0 Å². The Balaban J connectivity index is 0.00000144. The molecule has 0 aliphatic rings. The van der Waals surface area contributed by atoms with Crippen LogP contribution in [0.3, 0.4) is 0 Å². The molecule has 0 saturated heterocycles. The van der Waals surface area contributed by atoms with Crippen LogP contribution in [0.4, 0.5) is 0 Å². The lowest BCUT2D eigenvalue weighted by molar-refractivity contribution is 0.904. The van der Waals surface area contributed by atoms with E-state index >= 15 is 0 Å². The Morgan fingerprint density at radius 1 is 1.69 bits per heavy atom. The molecule has 1 aromatic heterocycles. The quantitative estimate of drug-likeness (QED) is 0.195. The number of guanidine groups is 1. The molecule has 6 N–H and O–H groups in total. The molecule has 1 rings (SSSR count). The van der Waals surface area contributed by atoms with Crippen molar-refractivity contribution in [3.05, 3.63) is 18.2 Å². The highest BCUT2D eigenvalue weighted by Crippen LogP contribution is 1.91. The van der Waals surface area contributed by atoms with Crippen molar-refractivity contribution >= 4 is 29.9 Å². The molecule has 1 heterocycles. The molecule has 1 aromatic rings. The van der Waals surface area contributed by atoms with Gasteiger partial charge in [0, 0.05) is 24.9 Å². The van der Waals surface area contributed by atoms with E-state index in [1.807, 2.05) is 0 Å². The monoisotopic (exact) mass is 296 g/mol. The van der Waals surface area contributed by atoms with Crippen molar-refractivity contribution in [3.8, 4) is 0 Å². The van der Waals surface area contributed by atoms with E-state index in [1.54, 1.807) is 12.5 Å². The molecular formula is C6H13IN6. The van der Waals surface area contributed by atoms with Crippen molar-refractivity contribution in [2.24, 2.45) is 16.6 Å². The molecule has 0 amide bonds. The number of halogens is 1. The summed E-state index contributed by atoms with van der Waals surface area (Å²) in [4.78, 5) is 10.7. The number of nitrogens with two attached hydrogens (primary N) is 2. The van der Waals surface area contributed by atoms with Crippen LogP contribution in [0.15, 0.2) is 17.5 Å². The van der Waals surface area contributed by atoms with Crippen LogP contribution < -0.4 is 17.0 Å². The van der Waals surface area contributed by atoms with E-state index in [0.717, 1.165) is 12.1 Å². The summed E-state index contributed by atoms with van der Waals surface area (Å²) in [6.45, 7) is 0.595. The summed E-state index contributed by atoms with van der Waals surface area (Å²) < 4.78 is 0. The minimum atomic E-state index is 0. The van der Waals surface area contributed by atoms with Crippen molar-refractivity contribution in [3.63, 3.8) is 0 Å². The molecule has 0 saturated carbocycles. The fraction of sp³-hybridized carbons (Fsp3) is 0.333. The Morgan fingerprint density at radius 3 is 3.00 bits per heavy atom. The number of aromatic nitrogens is 2. The van der Waals surface area contributed by atoms with Gasteiger partial charge < -0.3 is 10.7 Å². The third kappa shape index (κ3) is 4.68. The maximum absolute atomic E-state index is 5.30. The molecule has 0 fully saturated rings. The summed E-state index contributed by atoms with van der Waals surface area (Å²) in [6.07, 6.45) is 4.16. The van der Waals surface area contributed by atoms with Gasteiger partial charge in [-0.1, -0.05) is 0 Å². The standard InChI is InChI=1S/C6H12N6.HI/c7-6(12-8)10-2-1-5-3-9-4-11-5;/h3-4H,1-2,8H2,(H,9,11)(H3,7,10,12);1H. The molecule has 0 bridgehead atoms. The number of hydrogen-bond acceptors (Lipinski definition) is 3. The van der Waals surface area contributed by atoms with E-state index in [2.05, 4.69) is 20.4 Å². The first-order valence-corrected chi connectivity index (χ1v) is 3.56. The predicted octanol–water partition coefficient (Wildman–Crippen LogP) is -0.652. The molecule has 13 heavy (non-hydrogen) atoms. The summed E-state index contributed by atoms with van der Waals surface area (Å²) in [6, 6.07) is 0. The van der Waals surface area contributed by atoms with Crippen LogP contribution in [0.25, 0.3) is 0 Å². The molecule has 0 aliphatic heterocycles. The molecule has 6 nitrogen and oxygen atoms in total. The second-order valence-corrected chi connectivity index (χ2v) is 2.24. The van der Waals surface area contributed by atoms with Gasteiger partial charge in [0.1, 0.15) is 0 Å². The van der Waals surface area contributed by atoms with Crippen LogP contribution in [-0.2, 0) is 6.42 Å². The molecule has 0 aromatic carbocycles. The first-order chi connectivity index (χ1) is 5.83. The smallest absolute Gasteiger partial charge is 0.203 e. The average Bonchev–Trinajstić information content (AvgIpc) is 2.57. The summed E-state index contributed by atoms with van der Waals surface area (Å²) in [5.41, 5.74) is 8.58. The van der Waals surface area contributed by atoms with Crippen LogP contribution >= 0.6 is 24.0 Å². The molecule has 0 atom stereocenters. The van der Waals surface area contributed by atoms with Crippen molar-refractivity contribution in [2.75, 3.05) is 6.54 Å². The van der Waals surface area contributed by atoms with E-state index in [4.69, 9.17) is 11.6 Å². The van der Waals surface area contributed by atoms with Gasteiger partial charge in [0.15, 0.2) is 0 Å². The lowest BCUT2D eigenvalue weighted by atomic mass is 10.3. The number of aromatic amines is 1. The number of nitrogens with one attached hydrogen (secondary N) is 2. The zero-order valence-electron chi connectivity index (χ0n) is 7.03. The second-order valence-electron chi connectivity index (χ2n) is 2.24. The van der Waals surface area contributed by atoms with Crippen LogP contribution in [0.2, 0.25) is 0 Å². The van der Waals surface area contributed by atoms with Crippen LogP contribution in [0.5, 0.6) is 0 Å². The number of hydrazine groups is 1. The molecular weight excluding hydrogens is 283 g/mol. The molecule has 0 spiro atoms. The number of aliphatic imine (C=N–C) groups is 1. The number of H-pyrrole nitrogens is 1. The van der Waals surface area contributed by atoms with Crippen LogP contribution in [0, 0.1) is 0 Å². The van der Waals surface area contributed by atoms with Gasteiger partial charge in [0.05, 0.1) is 6.33 Å². The first kappa shape index (κ1) is 12.2. The highest BCUT2D eigenvalue weighted by atomic mass is 127. The Bertz CT molecular complexity index is 244. The number of hydrogen-bond donors (Lipinski definition) is 4. The van der Waals surface area contributed by atoms with Crippen molar-refractivity contribution in [2.45, 2.75) is 6.42 Å². The minimum absolute atomic E-state index is 0. The Labute approximate surface area is 93.2 Å². The highest BCUT2D eigenvalue weighted by Gasteiger charge is 1.91. The molecule has 0 radical (unpaired) electrons. The van der Waals surface area contributed by atoms with Gasteiger partial charge in [0.2, 0.25) is 5.96 Å². The Hall–Kier alpha value is -0.830. The maximum Gasteiger partial charge on any atom is 0.203 e. The summed E-state index contributed by atoms with van der Waals surface area (Å²) in [5.74, 6) is 5.25. The lowest BCUT2D eigenvalue weighted by Gasteiger charge is -1.96. The van der Waals surface area contributed by atoms with E-state index in [0.29, 0.717) is 6.54 Å². The van der Waals surface area contributed by atoms with E-state index in [1.165, 1.54) is 0 Å². The molecule has 7 heteroatoms. The third-order valence-corrected chi connectivity index (χ3v) is 1.37. The number of nitrogens with zero attached hydrogens (tertiary/aromatic N) is 2. The van der Waals surface area contributed by atoms with Gasteiger partial charge in [-0.15, -0.1) is 24.0 Å². The summed E-state index contributed by atoms with van der Waals surface area (Å²) in [7, 11) is 0. The zero-order valence-corrected chi connectivity index (χ0v) is 9.36. The van der Waals surface area contributed by atoms with Gasteiger partial charge in [-0.05, 0) is 0 Å². The van der Waals surface area contributed by atoms with Crippen molar-refractivity contribution in [1.82, 2.24) is 15.4 Å². The maximum atomic E-state index is 5.30. The summed E-state index contributed by atoms with van der Waals surface area (Å²) >= 11 is 0. The Kier molecular flexibility index (Phi) is 6.24. The van der Waals surface area contributed by atoms with Gasteiger partial charge in [-0.3, -0.25) is 10.4 Å². The van der Waals surface area contributed by atoms with Crippen molar-refractivity contribution in [1.29, 1.82) is 0 Å². The number of rotatable bonds is 3. The SMILES string of the molecule is I.NNC(N)=NCCc1cnc[nH]1. The Morgan fingerprint density at radius 2 is 2.46 bits per heavy atom. The minimum Gasteiger partial charge on any atom is -0.369 e. The predicted molar refractivity (Wildman–Crippen MR) is 61.5 cm³/mol. The first-order valence-electron chi connectivity index (χ1n) is 3.56. The summed E-state index contributed by atoms with van der Waals surface area (Å²) in [5, 5.41) is 0. The molecule has 74 valence electrons. The van der Waals surface area contributed by atoms with Crippen LogP contribution in [0.1, 0.15) is 5.69 Å². The fourth-order valence-electron chi connectivity index (χ4n) is 0.764. The van der Waals surface area contributed by atoms with Gasteiger partial charge >= 0.3 is 0 Å². The lowest BCUT2D eigenvalue weighted by Crippen LogP contribution is -2.37. The highest BCUT2D eigenvalue weighted by molar-refractivity contribution is 14.0. The largest absolute Gasteiger partial charge is 0.369 e. The molecule has 0 aliphatic carbocycles. The fourth-order valence-corrected chi connectivity index (χ4v) is 0.764. The van der Waals surface area contributed by atoms with Gasteiger partial charge in [0.25, 0.3) is 0 Å².